The molecule has 1 atom stereocenters. The standard InChI is InChI=1S/C21H24FNO4/c1-21(2,27-18-11-8-16(22)9-12-18)20(26)23-17(10-13-19(24)25)14-15-6-4-3-5-7-15/h3-9,11-12,17H,10,13-14H2,1-2H3,(H,23,26)(H,24,25). The number of rotatable bonds is 9. The minimum Gasteiger partial charge on any atom is -0.481 e. The second-order valence-electron chi connectivity index (χ2n) is 6.86. The largest absolute Gasteiger partial charge is 0.481 e. The summed E-state index contributed by atoms with van der Waals surface area (Å²) in [6, 6.07) is 14.6. The Balaban J connectivity index is 2.05. The maximum Gasteiger partial charge on any atom is 0.303 e. The van der Waals surface area contributed by atoms with E-state index in [1.165, 1.54) is 24.3 Å². The number of carboxylic acids is 1. The van der Waals surface area contributed by atoms with Crippen molar-refractivity contribution in [3.63, 3.8) is 0 Å². The molecule has 1 unspecified atom stereocenters. The Morgan fingerprint density at radius 2 is 1.74 bits per heavy atom. The smallest absolute Gasteiger partial charge is 0.303 e. The highest BCUT2D eigenvalue weighted by atomic mass is 19.1. The van der Waals surface area contributed by atoms with Crippen LogP contribution in [-0.4, -0.2) is 28.6 Å². The number of aliphatic carboxylic acids is 1. The van der Waals surface area contributed by atoms with Crippen molar-refractivity contribution in [2.75, 3.05) is 0 Å². The van der Waals surface area contributed by atoms with Gasteiger partial charge in [0, 0.05) is 12.5 Å². The highest BCUT2D eigenvalue weighted by Gasteiger charge is 2.31. The molecule has 0 bridgehead atoms. The van der Waals surface area contributed by atoms with Crippen LogP contribution in [-0.2, 0) is 16.0 Å². The van der Waals surface area contributed by atoms with Crippen molar-refractivity contribution in [1.82, 2.24) is 5.32 Å². The van der Waals surface area contributed by atoms with E-state index in [1.54, 1.807) is 13.8 Å². The molecule has 5 nitrogen and oxygen atoms in total. The van der Waals surface area contributed by atoms with Crippen molar-refractivity contribution in [1.29, 1.82) is 0 Å². The first kappa shape index (κ1) is 20.4. The lowest BCUT2D eigenvalue weighted by Gasteiger charge is -2.28. The first-order valence-electron chi connectivity index (χ1n) is 8.77. The van der Waals surface area contributed by atoms with Crippen LogP contribution >= 0.6 is 0 Å². The molecule has 0 radical (unpaired) electrons. The van der Waals surface area contributed by atoms with Crippen molar-refractivity contribution in [2.45, 2.75) is 44.8 Å². The van der Waals surface area contributed by atoms with Crippen LogP contribution in [0.5, 0.6) is 5.75 Å². The van der Waals surface area contributed by atoms with Crippen molar-refractivity contribution >= 4 is 11.9 Å². The lowest BCUT2D eigenvalue weighted by molar-refractivity contribution is -0.138. The zero-order valence-electron chi connectivity index (χ0n) is 15.4. The highest BCUT2D eigenvalue weighted by molar-refractivity contribution is 5.85. The molecule has 2 aromatic rings. The van der Waals surface area contributed by atoms with Crippen LogP contribution in [0.4, 0.5) is 4.39 Å². The molecule has 1 amide bonds. The van der Waals surface area contributed by atoms with Gasteiger partial charge >= 0.3 is 5.97 Å². The van der Waals surface area contributed by atoms with Gasteiger partial charge in [0.2, 0.25) is 0 Å². The first-order chi connectivity index (χ1) is 12.8. The highest BCUT2D eigenvalue weighted by Crippen LogP contribution is 2.20. The molecule has 6 heteroatoms. The van der Waals surface area contributed by atoms with Gasteiger partial charge in [-0.15, -0.1) is 0 Å². The van der Waals surface area contributed by atoms with E-state index >= 15 is 0 Å². The molecule has 0 aliphatic heterocycles. The van der Waals surface area contributed by atoms with E-state index in [1.807, 2.05) is 30.3 Å². The number of halogens is 1. The van der Waals surface area contributed by atoms with E-state index < -0.39 is 11.6 Å². The normalized spacial score (nSPS) is 12.3. The first-order valence-corrected chi connectivity index (χ1v) is 8.77. The maximum atomic E-state index is 13.0. The molecule has 2 rings (SSSR count). The van der Waals surface area contributed by atoms with Crippen molar-refractivity contribution in [3.05, 3.63) is 66.0 Å². The van der Waals surface area contributed by atoms with Crippen LogP contribution in [0.15, 0.2) is 54.6 Å². The molecule has 0 aliphatic rings. The molecule has 0 aromatic heterocycles. The summed E-state index contributed by atoms with van der Waals surface area (Å²) in [6.45, 7) is 3.23. The summed E-state index contributed by atoms with van der Waals surface area (Å²) in [6.07, 6.45) is 0.784. The third-order valence-corrected chi connectivity index (χ3v) is 4.10. The zero-order valence-corrected chi connectivity index (χ0v) is 15.4. The molecule has 0 spiro atoms. The number of carboxylic acid groups (broad SMARTS) is 1. The summed E-state index contributed by atoms with van der Waals surface area (Å²) in [5.74, 6) is -1.29. The van der Waals surface area contributed by atoms with E-state index in [2.05, 4.69) is 5.32 Å². The van der Waals surface area contributed by atoms with E-state index in [-0.39, 0.29) is 24.2 Å². The fraction of sp³-hybridized carbons (Fsp3) is 0.333. The summed E-state index contributed by atoms with van der Waals surface area (Å²) < 4.78 is 18.7. The Kier molecular flexibility index (Phi) is 6.93. The maximum absolute atomic E-state index is 13.0. The van der Waals surface area contributed by atoms with Crippen molar-refractivity contribution in [2.24, 2.45) is 0 Å². The van der Waals surface area contributed by atoms with Crippen LogP contribution < -0.4 is 10.1 Å². The number of hydrogen-bond donors (Lipinski definition) is 2. The molecular weight excluding hydrogens is 349 g/mol. The second kappa shape index (κ2) is 9.16. The Morgan fingerprint density at radius 1 is 1.11 bits per heavy atom. The third kappa shape index (κ3) is 6.73. The molecule has 2 N–H and O–H groups in total. The monoisotopic (exact) mass is 373 g/mol. The second-order valence-corrected chi connectivity index (χ2v) is 6.86. The van der Waals surface area contributed by atoms with Crippen molar-refractivity contribution < 1.29 is 23.8 Å². The number of carbonyl (C=O) groups is 2. The zero-order chi connectivity index (χ0) is 19.9. The van der Waals surface area contributed by atoms with Gasteiger partial charge in [0.25, 0.3) is 5.91 Å². The molecule has 0 saturated carbocycles. The molecule has 2 aromatic carbocycles. The van der Waals surface area contributed by atoms with Crippen LogP contribution in [0.2, 0.25) is 0 Å². The minimum absolute atomic E-state index is 0.0446. The average Bonchev–Trinajstić information content (AvgIpc) is 2.62. The molecule has 0 heterocycles. The van der Waals surface area contributed by atoms with Gasteiger partial charge in [0.15, 0.2) is 5.60 Å². The topological polar surface area (TPSA) is 75.6 Å². The number of benzene rings is 2. The fourth-order valence-corrected chi connectivity index (χ4v) is 2.62. The molecule has 27 heavy (non-hydrogen) atoms. The Morgan fingerprint density at radius 3 is 2.33 bits per heavy atom. The summed E-state index contributed by atoms with van der Waals surface area (Å²) in [4.78, 5) is 23.7. The number of carbonyl (C=O) groups excluding carboxylic acids is 1. The van der Waals surface area contributed by atoms with E-state index in [0.29, 0.717) is 18.6 Å². The average molecular weight is 373 g/mol. The number of amides is 1. The Hall–Kier alpha value is -2.89. The summed E-state index contributed by atoms with van der Waals surface area (Å²) in [7, 11) is 0. The number of nitrogens with one attached hydrogen (secondary N) is 1. The van der Waals surface area contributed by atoms with E-state index in [0.717, 1.165) is 5.56 Å². The SMILES string of the molecule is CC(C)(Oc1ccc(F)cc1)C(=O)NC(CCC(=O)O)Cc1ccccc1. The van der Waals surface area contributed by atoms with Crippen LogP contribution in [0, 0.1) is 5.82 Å². The minimum atomic E-state index is -1.20. The predicted molar refractivity (Wildman–Crippen MR) is 100 cm³/mol. The molecule has 0 aliphatic carbocycles. The predicted octanol–water partition coefficient (Wildman–Crippen LogP) is 3.58. The summed E-state index contributed by atoms with van der Waals surface area (Å²) in [5, 5.41) is 11.9. The van der Waals surface area contributed by atoms with E-state index in [4.69, 9.17) is 9.84 Å². The van der Waals surface area contributed by atoms with Gasteiger partial charge in [-0.3, -0.25) is 9.59 Å². The summed E-state index contributed by atoms with van der Waals surface area (Å²) in [5.41, 5.74) is -0.193. The van der Waals surface area contributed by atoms with Gasteiger partial charge in [-0.1, -0.05) is 30.3 Å². The number of hydrogen-bond acceptors (Lipinski definition) is 3. The molecule has 144 valence electrons. The van der Waals surface area contributed by atoms with Crippen LogP contribution in [0.25, 0.3) is 0 Å². The molecule has 0 saturated heterocycles. The molecule has 0 fully saturated rings. The van der Waals surface area contributed by atoms with Gasteiger partial charge < -0.3 is 15.2 Å². The van der Waals surface area contributed by atoms with Crippen LogP contribution in [0.1, 0.15) is 32.3 Å². The van der Waals surface area contributed by atoms with Crippen LogP contribution in [0.3, 0.4) is 0 Å². The number of ether oxygens (including phenoxy) is 1. The quantitative estimate of drug-likeness (QED) is 0.705. The Labute approximate surface area is 158 Å². The van der Waals surface area contributed by atoms with Gasteiger partial charge in [-0.05, 0) is 56.5 Å². The van der Waals surface area contributed by atoms with Gasteiger partial charge in [-0.2, -0.15) is 0 Å². The van der Waals surface area contributed by atoms with Gasteiger partial charge in [-0.25, -0.2) is 4.39 Å². The van der Waals surface area contributed by atoms with Gasteiger partial charge in [0.05, 0.1) is 0 Å². The third-order valence-electron chi connectivity index (χ3n) is 4.10. The van der Waals surface area contributed by atoms with Gasteiger partial charge in [0.1, 0.15) is 11.6 Å². The molecular formula is C21H24FNO4. The van der Waals surface area contributed by atoms with Crippen molar-refractivity contribution in [3.8, 4) is 5.75 Å². The lowest BCUT2D eigenvalue weighted by atomic mass is 10.00. The van der Waals surface area contributed by atoms with E-state index in [9.17, 15) is 14.0 Å². The lowest BCUT2D eigenvalue weighted by Crippen LogP contribution is -2.50. The fourth-order valence-electron chi connectivity index (χ4n) is 2.62. The summed E-state index contributed by atoms with van der Waals surface area (Å²) >= 11 is 0. The Bertz CT molecular complexity index is 760.